The molecular formula is C16H20ClNO. The molecule has 0 heterocycles. The minimum absolute atomic E-state index is 0.272. The molecule has 1 aromatic rings. The molecule has 2 nitrogen and oxygen atoms in total. The predicted molar refractivity (Wildman–Crippen MR) is 77.1 cm³/mol. The highest BCUT2D eigenvalue weighted by Crippen LogP contribution is 2.48. The third-order valence-electron chi connectivity index (χ3n) is 4.68. The van der Waals surface area contributed by atoms with Crippen LogP contribution >= 0.6 is 11.6 Å². The first-order valence-electron chi connectivity index (χ1n) is 7.24. The van der Waals surface area contributed by atoms with Crippen molar-refractivity contribution in [2.45, 2.75) is 32.1 Å². The van der Waals surface area contributed by atoms with Crippen LogP contribution in [0.25, 0.3) is 0 Å². The number of fused-ring (bicyclic) bond motifs is 2. The highest BCUT2D eigenvalue weighted by atomic mass is 35.5. The molecule has 0 saturated heterocycles. The molecule has 0 spiro atoms. The van der Waals surface area contributed by atoms with Crippen molar-refractivity contribution in [1.82, 2.24) is 5.32 Å². The van der Waals surface area contributed by atoms with Crippen molar-refractivity contribution >= 4 is 17.5 Å². The van der Waals surface area contributed by atoms with Crippen molar-refractivity contribution in [3.8, 4) is 0 Å². The van der Waals surface area contributed by atoms with Gasteiger partial charge in [0.1, 0.15) is 0 Å². The lowest BCUT2D eigenvalue weighted by Gasteiger charge is -2.20. The summed E-state index contributed by atoms with van der Waals surface area (Å²) in [5, 5.41) is 3.86. The van der Waals surface area contributed by atoms with Crippen LogP contribution in [0.4, 0.5) is 0 Å². The summed E-state index contributed by atoms with van der Waals surface area (Å²) in [5.74, 6) is 2.05. The van der Waals surface area contributed by atoms with E-state index in [-0.39, 0.29) is 11.8 Å². The molecule has 0 radical (unpaired) electrons. The van der Waals surface area contributed by atoms with Crippen molar-refractivity contribution < 1.29 is 4.79 Å². The molecule has 19 heavy (non-hydrogen) atoms. The maximum absolute atomic E-state index is 12.2. The Morgan fingerprint density at radius 3 is 2.89 bits per heavy atom. The molecule has 0 aliphatic heterocycles. The number of hydrogen-bond donors (Lipinski definition) is 1. The predicted octanol–water partition coefficient (Wildman–Crippen LogP) is 3.43. The molecule has 3 heteroatoms. The summed E-state index contributed by atoms with van der Waals surface area (Å²) in [6.07, 6.45) is 5.86. The van der Waals surface area contributed by atoms with Crippen molar-refractivity contribution in [3.05, 3.63) is 34.9 Å². The van der Waals surface area contributed by atoms with Gasteiger partial charge in [-0.3, -0.25) is 4.79 Å². The largest absolute Gasteiger partial charge is 0.356 e. The first-order chi connectivity index (χ1) is 9.22. The van der Waals surface area contributed by atoms with Gasteiger partial charge >= 0.3 is 0 Å². The Morgan fingerprint density at radius 2 is 2.21 bits per heavy atom. The Labute approximate surface area is 119 Å². The summed E-state index contributed by atoms with van der Waals surface area (Å²) in [6.45, 7) is 0.715. The number of hydrogen-bond acceptors (Lipinski definition) is 1. The fraction of sp³-hybridized carbons (Fsp3) is 0.562. The lowest BCUT2D eigenvalue weighted by Crippen LogP contribution is -2.34. The van der Waals surface area contributed by atoms with Gasteiger partial charge in [-0.05, 0) is 55.2 Å². The first-order valence-corrected chi connectivity index (χ1v) is 7.62. The minimum atomic E-state index is 0.272. The molecule has 1 aromatic carbocycles. The van der Waals surface area contributed by atoms with Gasteiger partial charge in [0.25, 0.3) is 0 Å². The topological polar surface area (TPSA) is 29.1 Å². The summed E-state index contributed by atoms with van der Waals surface area (Å²) < 4.78 is 0. The van der Waals surface area contributed by atoms with Crippen LogP contribution in [0.5, 0.6) is 0 Å². The zero-order valence-electron chi connectivity index (χ0n) is 11.1. The van der Waals surface area contributed by atoms with E-state index in [1.807, 2.05) is 18.2 Å². The Morgan fingerprint density at radius 1 is 1.32 bits per heavy atom. The van der Waals surface area contributed by atoms with Crippen LogP contribution in [0, 0.1) is 17.8 Å². The average Bonchev–Trinajstić information content (AvgIpc) is 3.01. The van der Waals surface area contributed by atoms with Gasteiger partial charge in [-0.2, -0.15) is 0 Å². The van der Waals surface area contributed by atoms with Crippen LogP contribution in [0.2, 0.25) is 5.02 Å². The van der Waals surface area contributed by atoms with Crippen molar-refractivity contribution in [1.29, 1.82) is 0 Å². The zero-order chi connectivity index (χ0) is 13.2. The third-order valence-corrected chi connectivity index (χ3v) is 4.91. The molecule has 2 saturated carbocycles. The number of rotatable bonds is 4. The SMILES string of the molecule is O=C(NCCc1cccc(Cl)c1)[C@@H]1C[C@H]2CC[C@@H]1C2. The summed E-state index contributed by atoms with van der Waals surface area (Å²) in [7, 11) is 0. The van der Waals surface area contributed by atoms with E-state index >= 15 is 0 Å². The highest BCUT2D eigenvalue weighted by molar-refractivity contribution is 6.30. The van der Waals surface area contributed by atoms with Crippen LogP contribution in [0.1, 0.15) is 31.2 Å². The van der Waals surface area contributed by atoms with Crippen LogP contribution in [0.15, 0.2) is 24.3 Å². The van der Waals surface area contributed by atoms with Gasteiger partial charge < -0.3 is 5.32 Å². The van der Waals surface area contributed by atoms with Crippen molar-refractivity contribution in [3.63, 3.8) is 0 Å². The molecule has 1 N–H and O–H groups in total. The molecule has 2 aliphatic rings. The van der Waals surface area contributed by atoms with Gasteiger partial charge in [0.15, 0.2) is 0 Å². The molecule has 0 aromatic heterocycles. The van der Waals surface area contributed by atoms with Gasteiger partial charge in [-0.1, -0.05) is 30.2 Å². The normalized spacial score (nSPS) is 28.6. The maximum Gasteiger partial charge on any atom is 0.223 e. The Hall–Kier alpha value is -1.02. The van der Waals surface area contributed by atoms with Crippen molar-refractivity contribution in [2.75, 3.05) is 6.54 Å². The molecule has 2 aliphatic carbocycles. The van der Waals surface area contributed by atoms with Crippen LogP contribution in [0.3, 0.4) is 0 Å². The molecular weight excluding hydrogens is 258 g/mol. The number of benzene rings is 1. The molecule has 0 unspecified atom stereocenters. The first kappa shape index (κ1) is 13.0. The number of carbonyl (C=O) groups is 1. The highest BCUT2D eigenvalue weighted by Gasteiger charge is 2.42. The monoisotopic (exact) mass is 277 g/mol. The maximum atomic E-state index is 12.2. The molecule has 3 atom stereocenters. The molecule has 2 fully saturated rings. The Balaban J connectivity index is 1.46. The van der Waals surface area contributed by atoms with Crippen LogP contribution in [-0.2, 0) is 11.2 Å². The summed E-state index contributed by atoms with van der Waals surface area (Å²) >= 11 is 5.95. The van der Waals surface area contributed by atoms with E-state index in [2.05, 4.69) is 11.4 Å². The summed E-state index contributed by atoms with van der Waals surface area (Å²) in [5.41, 5.74) is 1.18. The van der Waals surface area contributed by atoms with E-state index in [0.29, 0.717) is 12.5 Å². The Kier molecular flexibility index (Phi) is 3.79. The van der Waals surface area contributed by atoms with Gasteiger partial charge in [0.2, 0.25) is 5.91 Å². The quantitative estimate of drug-likeness (QED) is 0.897. The lowest BCUT2D eigenvalue weighted by molar-refractivity contribution is -0.126. The van der Waals surface area contributed by atoms with E-state index < -0.39 is 0 Å². The van der Waals surface area contributed by atoms with E-state index in [1.54, 1.807) is 0 Å². The van der Waals surface area contributed by atoms with Crippen LogP contribution in [-0.4, -0.2) is 12.5 Å². The minimum Gasteiger partial charge on any atom is -0.356 e. The standard InChI is InChI=1S/C16H20ClNO/c17-14-3-1-2-11(9-14)6-7-18-16(19)15-10-12-4-5-13(15)8-12/h1-3,9,12-13,15H,4-8,10H2,(H,18,19)/t12-,13+,15+/m0/s1. The lowest BCUT2D eigenvalue weighted by atomic mass is 9.88. The molecule has 3 rings (SSSR count). The fourth-order valence-corrected chi connectivity index (χ4v) is 3.93. The van der Waals surface area contributed by atoms with Crippen molar-refractivity contribution in [2.24, 2.45) is 17.8 Å². The number of halogens is 1. The summed E-state index contributed by atoms with van der Waals surface area (Å²) in [4.78, 5) is 12.2. The molecule has 102 valence electrons. The van der Waals surface area contributed by atoms with E-state index in [9.17, 15) is 4.79 Å². The van der Waals surface area contributed by atoms with Gasteiger partial charge in [0, 0.05) is 17.5 Å². The number of amides is 1. The van der Waals surface area contributed by atoms with E-state index in [1.165, 1.54) is 24.8 Å². The smallest absolute Gasteiger partial charge is 0.223 e. The number of carbonyl (C=O) groups excluding carboxylic acids is 1. The number of nitrogens with one attached hydrogen (secondary N) is 1. The average molecular weight is 278 g/mol. The van der Waals surface area contributed by atoms with Gasteiger partial charge in [-0.15, -0.1) is 0 Å². The third kappa shape index (κ3) is 2.94. The molecule has 2 bridgehead atoms. The second-order valence-electron chi connectivity index (χ2n) is 5.95. The summed E-state index contributed by atoms with van der Waals surface area (Å²) in [6, 6.07) is 7.84. The van der Waals surface area contributed by atoms with Gasteiger partial charge in [-0.25, -0.2) is 0 Å². The second-order valence-corrected chi connectivity index (χ2v) is 6.39. The van der Waals surface area contributed by atoms with Crippen LogP contribution < -0.4 is 5.32 Å². The Bertz CT molecular complexity index is 474. The zero-order valence-corrected chi connectivity index (χ0v) is 11.8. The molecule has 1 amide bonds. The second kappa shape index (κ2) is 5.54. The fourth-order valence-electron chi connectivity index (χ4n) is 3.72. The van der Waals surface area contributed by atoms with Gasteiger partial charge in [0.05, 0.1) is 0 Å². The van der Waals surface area contributed by atoms with E-state index in [0.717, 1.165) is 23.8 Å². The van der Waals surface area contributed by atoms with E-state index in [4.69, 9.17) is 11.6 Å².